The zero-order valence-corrected chi connectivity index (χ0v) is 51.1. The number of nitrogens with one attached hydrogen (secondary N) is 1. The Morgan fingerprint density at radius 3 is 1.63 bits per heavy atom. The molecule has 0 saturated heterocycles. The monoisotopic (exact) mass is 1420 g/mol. The third-order valence-corrected chi connectivity index (χ3v) is 19.9. The van der Waals surface area contributed by atoms with Gasteiger partial charge in [-0.25, -0.2) is 26.8 Å². The average molecular weight is 1420 g/mol. The maximum Gasteiger partial charge on any atom is 0.743 e. The van der Waals surface area contributed by atoms with Crippen molar-refractivity contribution >= 4 is 135 Å². The molecule has 0 unspecified atom stereocenters. The van der Waals surface area contributed by atoms with Crippen molar-refractivity contribution in [3.8, 4) is 63.4 Å². The maximum atomic E-state index is 15.6. The molecular weight excluding hydrogens is 1390 g/mol. The lowest BCUT2D eigenvalue weighted by Crippen LogP contribution is -2.64. The molecule has 0 amide bonds. The van der Waals surface area contributed by atoms with Crippen molar-refractivity contribution in [1.29, 1.82) is 10.5 Å². The third kappa shape index (κ3) is 11.2. The number of nitriles is 2. The van der Waals surface area contributed by atoms with Crippen molar-refractivity contribution in [2.75, 3.05) is 0 Å². The highest BCUT2D eigenvalue weighted by atomic mass is 35.5. The van der Waals surface area contributed by atoms with E-state index in [1.807, 2.05) is 0 Å². The molecule has 0 atom stereocenters. The van der Waals surface area contributed by atoms with Crippen LogP contribution in [0, 0.1) is 29.6 Å². The molecule has 0 bridgehead atoms. The van der Waals surface area contributed by atoms with E-state index >= 15 is 26.3 Å². The van der Waals surface area contributed by atoms with E-state index < -0.39 is 86.1 Å². The summed E-state index contributed by atoms with van der Waals surface area (Å²) in [6.07, 6.45) is 2.36. The SMILES string of the molecule is Cc1ccccc1-c1c2/c(=C(\C#N)c3cnc4cc(Cl)c(Cl)cc4n3)n(B3Oc4ccccc4O3)c(-c3ccc(OS(=O)(=O)C(F)(F)C(F)(F)C(F)(F)S(=O)(=O)NS(=O)(=O)C(F)(F)F)cc3)c2/c(=C(\C#N)c2cnc3cc(Cl)c(Cl)cc3n2)n1[B]Oc1ccccc1O. The van der Waals surface area contributed by atoms with E-state index in [2.05, 4.69) is 26.3 Å². The molecule has 1 radical (unpaired) electrons. The van der Waals surface area contributed by atoms with Gasteiger partial charge in [0.2, 0.25) is 0 Å². The van der Waals surface area contributed by atoms with Gasteiger partial charge in [0, 0.05) is 22.0 Å². The number of alkyl halides is 9. The van der Waals surface area contributed by atoms with Crippen LogP contribution in [0.5, 0.6) is 28.7 Å². The van der Waals surface area contributed by atoms with Crippen molar-refractivity contribution in [1.82, 2.24) is 33.0 Å². The van der Waals surface area contributed by atoms with Crippen molar-refractivity contribution in [3.63, 3.8) is 0 Å². The first-order valence-corrected chi connectivity index (χ1v) is 31.4. The van der Waals surface area contributed by atoms with Gasteiger partial charge in [0.25, 0.3) is 10.0 Å². The van der Waals surface area contributed by atoms with Gasteiger partial charge in [0.1, 0.15) is 57.7 Å². The van der Waals surface area contributed by atoms with Crippen LogP contribution in [0.1, 0.15) is 17.0 Å². The fourth-order valence-electron chi connectivity index (χ4n) is 9.56. The lowest BCUT2D eigenvalue weighted by molar-refractivity contribution is -0.245. The molecule has 10 aromatic rings. The Balaban J connectivity index is 1.27. The molecule has 1 aliphatic heterocycles. The van der Waals surface area contributed by atoms with Crippen molar-refractivity contribution in [2.24, 2.45) is 0 Å². The number of halogens is 13. The molecule has 1 aliphatic rings. The highest BCUT2D eigenvalue weighted by Crippen LogP contribution is 2.52. The lowest BCUT2D eigenvalue weighted by atomic mass is 10.00. The minimum absolute atomic E-state index is 0.00718. The molecule has 0 aliphatic carbocycles. The van der Waals surface area contributed by atoms with Gasteiger partial charge in [-0.15, -0.1) is 0 Å². The van der Waals surface area contributed by atoms with Gasteiger partial charge >= 0.3 is 57.0 Å². The van der Waals surface area contributed by atoms with Crippen molar-refractivity contribution < 1.29 is 88.0 Å². The summed E-state index contributed by atoms with van der Waals surface area (Å²) in [6, 6.07) is 30.7. The number of phenolic OH excluding ortho intramolecular Hbond substituents is 1. The Morgan fingerprint density at radius 2 is 1.12 bits per heavy atom. The molecule has 6 aromatic carbocycles. The summed E-state index contributed by atoms with van der Waals surface area (Å²) in [7, 11) is -24.2. The van der Waals surface area contributed by atoms with Gasteiger partial charge in [-0.2, -0.15) is 58.5 Å². The fourth-order valence-corrected chi connectivity index (χ4v) is 13.6. The Bertz CT molecular complexity index is 5390. The highest BCUT2D eigenvalue weighted by molar-refractivity contribution is 8.05. The molecule has 0 saturated carbocycles. The smallest absolute Gasteiger partial charge is 0.540 e. The lowest BCUT2D eigenvalue weighted by Gasteiger charge is -2.31. The van der Waals surface area contributed by atoms with Gasteiger partial charge < -0.3 is 32.2 Å². The quantitative estimate of drug-likeness (QED) is 0.0516. The Morgan fingerprint density at radius 1 is 0.634 bits per heavy atom. The van der Waals surface area contributed by atoms with Gasteiger partial charge in [0.05, 0.1) is 70.9 Å². The predicted octanol–water partition coefficient (Wildman–Crippen LogP) is 10.8. The second-order valence-electron chi connectivity index (χ2n) is 19.6. The molecule has 0 spiro atoms. The van der Waals surface area contributed by atoms with E-state index in [0.717, 1.165) is 19.7 Å². The summed E-state index contributed by atoms with van der Waals surface area (Å²) in [5.74, 6) is -9.75. The van der Waals surface area contributed by atoms with Gasteiger partial charge in [0.15, 0.2) is 5.75 Å². The number of nitrogens with zero attached hydrogens (tertiary/aromatic N) is 8. The molecule has 20 nitrogen and oxygen atoms in total. The van der Waals surface area contributed by atoms with E-state index in [4.69, 9.17) is 70.3 Å². The summed E-state index contributed by atoms with van der Waals surface area (Å²) in [5, 5.41) is 18.9. The number of hydrogen-bond acceptors (Lipinski definition) is 17. The zero-order chi connectivity index (χ0) is 67.3. The highest BCUT2D eigenvalue weighted by Gasteiger charge is 2.83. The van der Waals surface area contributed by atoms with E-state index in [0.29, 0.717) is 23.3 Å². The molecule has 11 rings (SSSR count). The Hall–Kier alpha value is -8.99. The number of benzene rings is 6. The molecule has 0 fully saturated rings. The third-order valence-electron chi connectivity index (χ3n) is 13.8. The van der Waals surface area contributed by atoms with Crippen molar-refractivity contribution in [3.05, 3.63) is 181 Å². The fraction of sp³-hybridized carbons (Fsp3) is 0.0909. The molecule has 4 aromatic heterocycles. The minimum Gasteiger partial charge on any atom is -0.540 e. The van der Waals surface area contributed by atoms with Crippen LogP contribution < -0.4 is 33.0 Å². The largest absolute Gasteiger partial charge is 0.743 e. The molecule has 2 N–H and O–H groups in total. The molecule has 93 heavy (non-hydrogen) atoms. The summed E-state index contributed by atoms with van der Waals surface area (Å²) in [6.45, 7) is 1.68. The Kier molecular flexibility index (Phi) is 16.6. The van der Waals surface area contributed by atoms with Crippen LogP contribution in [0.3, 0.4) is 0 Å². The van der Waals surface area contributed by atoms with Crippen LogP contribution in [0.25, 0.3) is 66.5 Å². The minimum atomic E-state index is -8.14. The van der Waals surface area contributed by atoms with Gasteiger partial charge in [-0.05, 0) is 90.8 Å². The topological polar surface area (TPSA) is 281 Å². The van der Waals surface area contributed by atoms with Crippen LogP contribution in [-0.2, 0) is 30.2 Å². The van der Waals surface area contributed by atoms with Gasteiger partial charge in [-0.3, -0.25) is 9.97 Å². The molecule has 38 heteroatoms. The first-order valence-electron chi connectivity index (χ1n) is 25.5. The number of phenols is 1. The number of aryl methyl sites for hydroxylation is 1. The molecule has 5 heterocycles. The van der Waals surface area contributed by atoms with Crippen LogP contribution >= 0.6 is 46.4 Å². The predicted molar refractivity (Wildman–Crippen MR) is 320 cm³/mol. The number of aromatic hydroxyl groups is 1. The Labute approximate surface area is 537 Å². The number of sulfonamides is 2. The van der Waals surface area contributed by atoms with Gasteiger partial charge in [-0.1, -0.05) is 99.1 Å². The first-order chi connectivity index (χ1) is 43.6. The molecule has 473 valence electrons. The summed E-state index contributed by atoms with van der Waals surface area (Å²) in [4.78, 5) is 18.5. The number of rotatable bonds is 16. The number of hydrogen-bond donors (Lipinski definition) is 2. The van der Waals surface area contributed by atoms with E-state index in [9.17, 15) is 54.1 Å². The van der Waals surface area contributed by atoms with E-state index in [-0.39, 0.29) is 109 Å². The number of para-hydroxylation sites is 4. The van der Waals surface area contributed by atoms with Crippen LogP contribution in [0.4, 0.5) is 39.5 Å². The maximum absolute atomic E-state index is 15.6. The number of fused-ring (bicyclic) bond motifs is 4. The first kappa shape index (κ1) is 65.5. The summed E-state index contributed by atoms with van der Waals surface area (Å²) in [5.41, 5.74) is -7.34. The number of aromatic nitrogens is 6. The van der Waals surface area contributed by atoms with Crippen LogP contribution in [0.2, 0.25) is 20.1 Å². The average Bonchev–Trinajstić information content (AvgIpc) is 1.40. The van der Waals surface area contributed by atoms with Crippen molar-refractivity contribution in [2.45, 2.75) is 28.9 Å². The molecular formula is C55H27B2Cl4F9N9O11S3. The second-order valence-corrected chi connectivity index (χ2v) is 26.5. The summed E-state index contributed by atoms with van der Waals surface area (Å²) >= 11 is 25.6. The van der Waals surface area contributed by atoms with Crippen LogP contribution in [-0.4, -0.2) is 96.1 Å². The zero-order valence-electron chi connectivity index (χ0n) is 45.6. The normalized spacial score (nSPS) is 13.9. The van der Waals surface area contributed by atoms with E-state index in [1.54, 1.807) is 43.3 Å². The standard InChI is InChI=1S/C55H27B2Cl4F9N9O11S3/c1-26-8-2-3-9-29(26)49-47-46(50(78(49)56-87-43-11-5-4-10-42(43)80)30(22-71)40-24-73-36-18-32(58)34(60)20-38(36)75-40)48(27-14-16-28(17-15-27)90-93(85,86)54(66,67)52(62,63)53(64,65)91(81,82)77-92(83,84)55(68,69)70)79(57-88-44-12-6-7-13-45(44)89-57)51(47)31(23-72)41-25-74-37-19-33(59)35(61)21-39(37)76-41/h2-21,24-25,77,80H,1H3/b50-30-,51-31-. The van der Waals surface area contributed by atoms with Crippen LogP contribution in [0.15, 0.2) is 134 Å². The van der Waals surface area contributed by atoms with E-state index in [1.165, 1.54) is 82.0 Å². The summed E-state index contributed by atoms with van der Waals surface area (Å²) < 4.78 is 230. The second kappa shape index (κ2) is 23.5.